The van der Waals surface area contributed by atoms with Crippen LogP contribution in [-0.2, 0) is 4.79 Å². The summed E-state index contributed by atoms with van der Waals surface area (Å²) in [6.45, 7) is 0.745. The topological polar surface area (TPSA) is 72.0 Å². The number of hydrogen-bond donors (Lipinski definition) is 0. The summed E-state index contributed by atoms with van der Waals surface area (Å²) in [5.74, 6) is -4.45. The van der Waals surface area contributed by atoms with Crippen LogP contribution >= 0.6 is 0 Å². The molecule has 2 saturated heterocycles. The first-order valence-electron chi connectivity index (χ1n) is 9.31. The maximum absolute atomic E-state index is 14.3. The van der Waals surface area contributed by atoms with Gasteiger partial charge in [-0.05, 0) is 25.8 Å². The average molecular weight is 437 g/mol. The molecular weight excluding hydrogens is 417 g/mol. The van der Waals surface area contributed by atoms with Crippen molar-refractivity contribution in [2.75, 3.05) is 13.1 Å². The largest absolute Gasteiger partial charge is 0.573 e. The van der Waals surface area contributed by atoms with E-state index in [1.165, 1.54) is 4.90 Å². The molecule has 0 aliphatic carbocycles. The summed E-state index contributed by atoms with van der Waals surface area (Å²) in [5, 5.41) is 0. The van der Waals surface area contributed by atoms with E-state index in [9.17, 15) is 31.5 Å². The molecule has 2 aliphatic rings. The van der Waals surface area contributed by atoms with Crippen LogP contribution in [0.1, 0.15) is 32.6 Å². The molecule has 2 atom stereocenters. The van der Waals surface area contributed by atoms with Gasteiger partial charge in [-0.1, -0.05) is 0 Å². The van der Waals surface area contributed by atoms with Gasteiger partial charge in [0.15, 0.2) is 0 Å². The highest BCUT2D eigenvalue weighted by molar-refractivity contribution is 5.78. The number of alkyl halides is 5. The Kier molecular flexibility index (Phi) is 6.04. The molecule has 1 aromatic heterocycles. The molecule has 0 radical (unpaired) electrons. The number of nitrogens with zero attached hydrogens (tertiary/aromatic N) is 3. The Bertz CT molecular complexity index is 787. The number of amides is 2. The summed E-state index contributed by atoms with van der Waals surface area (Å²) < 4.78 is 73.7. The second-order valence-corrected chi connectivity index (χ2v) is 7.38. The molecule has 30 heavy (non-hydrogen) atoms. The Labute approximate surface area is 168 Å². The summed E-state index contributed by atoms with van der Waals surface area (Å²) in [6, 6.07) is 0.755. The van der Waals surface area contributed by atoms with E-state index in [0.717, 1.165) is 17.0 Å². The smallest absolute Gasteiger partial charge is 0.404 e. The molecule has 2 aliphatic heterocycles. The number of likely N-dealkylation sites (tertiary alicyclic amines) is 2. The summed E-state index contributed by atoms with van der Waals surface area (Å²) >= 11 is 0. The lowest BCUT2D eigenvalue weighted by molar-refractivity contribution is -0.274. The molecule has 0 N–H and O–H groups in total. The quantitative estimate of drug-likeness (QED) is 0.676. The van der Waals surface area contributed by atoms with Gasteiger partial charge in [0.05, 0.1) is 18.8 Å². The molecule has 2 fully saturated rings. The fourth-order valence-electron chi connectivity index (χ4n) is 3.80. The lowest BCUT2D eigenvalue weighted by Gasteiger charge is -2.45. The number of ether oxygens (including phenoxy) is 2. The predicted molar refractivity (Wildman–Crippen MR) is 92.0 cm³/mol. The van der Waals surface area contributed by atoms with Gasteiger partial charge in [0.25, 0.3) is 5.92 Å². The van der Waals surface area contributed by atoms with Crippen LogP contribution in [0.25, 0.3) is 0 Å². The fraction of sp³-hybridized carbons (Fsp3) is 0.611. The number of halogens is 5. The lowest BCUT2D eigenvalue weighted by Crippen LogP contribution is -2.60. The normalized spacial score (nSPS) is 24.5. The molecule has 3 rings (SSSR count). The molecule has 7 nitrogen and oxygen atoms in total. The van der Waals surface area contributed by atoms with Crippen molar-refractivity contribution in [3.05, 3.63) is 18.3 Å². The summed E-state index contributed by atoms with van der Waals surface area (Å²) in [6.07, 6.45) is -4.26. The summed E-state index contributed by atoms with van der Waals surface area (Å²) in [5.41, 5.74) is 0. The van der Waals surface area contributed by atoms with Crippen molar-refractivity contribution in [3.8, 4) is 11.6 Å². The molecule has 0 spiro atoms. The van der Waals surface area contributed by atoms with Crippen LogP contribution in [0.2, 0.25) is 0 Å². The molecule has 3 heterocycles. The Morgan fingerprint density at radius 3 is 2.63 bits per heavy atom. The number of carbonyl (C=O) groups is 2. The minimum absolute atomic E-state index is 0.139. The second-order valence-electron chi connectivity index (χ2n) is 7.38. The highest BCUT2D eigenvalue weighted by Crippen LogP contribution is 2.33. The Morgan fingerprint density at radius 1 is 1.30 bits per heavy atom. The number of rotatable bonds is 3. The van der Waals surface area contributed by atoms with Crippen molar-refractivity contribution in [1.82, 2.24) is 14.8 Å². The van der Waals surface area contributed by atoms with E-state index < -0.39 is 43.1 Å². The Morgan fingerprint density at radius 2 is 2.03 bits per heavy atom. The number of aromatic nitrogens is 1. The highest BCUT2D eigenvalue weighted by atomic mass is 19.4. The summed E-state index contributed by atoms with van der Waals surface area (Å²) in [7, 11) is 0. The number of piperidine rings is 2. The Balaban J connectivity index is 1.68. The SMILES string of the molecule is C[C@@H]1CCCC(=O)N1C1CN(C(=O)Oc2ccc(OC(F)(F)F)cn2)CC(F)(F)C1. The van der Waals surface area contributed by atoms with Crippen LogP contribution in [-0.4, -0.2) is 64.2 Å². The maximum Gasteiger partial charge on any atom is 0.573 e. The van der Waals surface area contributed by atoms with Gasteiger partial charge < -0.3 is 14.4 Å². The minimum Gasteiger partial charge on any atom is -0.404 e. The molecule has 2 amide bonds. The van der Waals surface area contributed by atoms with Crippen LogP contribution in [0.4, 0.5) is 26.7 Å². The van der Waals surface area contributed by atoms with Gasteiger partial charge in [0, 0.05) is 31.5 Å². The molecule has 0 bridgehead atoms. The molecule has 1 aromatic rings. The first-order chi connectivity index (χ1) is 13.9. The van der Waals surface area contributed by atoms with E-state index in [4.69, 9.17) is 4.74 Å². The van der Waals surface area contributed by atoms with Gasteiger partial charge in [0.1, 0.15) is 5.75 Å². The van der Waals surface area contributed by atoms with Crippen molar-refractivity contribution < 1.29 is 41.0 Å². The zero-order valence-electron chi connectivity index (χ0n) is 16.0. The van der Waals surface area contributed by atoms with E-state index in [2.05, 4.69) is 9.72 Å². The van der Waals surface area contributed by atoms with Crippen LogP contribution in [0.15, 0.2) is 18.3 Å². The van der Waals surface area contributed by atoms with Crippen LogP contribution < -0.4 is 9.47 Å². The molecule has 0 saturated carbocycles. The number of hydrogen-bond acceptors (Lipinski definition) is 5. The minimum atomic E-state index is -4.91. The van der Waals surface area contributed by atoms with Gasteiger partial charge >= 0.3 is 12.5 Å². The van der Waals surface area contributed by atoms with Crippen molar-refractivity contribution in [2.45, 2.75) is 57.0 Å². The maximum atomic E-state index is 14.3. The molecule has 12 heteroatoms. The first kappa shape index (κ1) is 22.0. The monoisotopic (exact) mass is 437 g/mol. The first-order valence-corrected chi connectivity index (χ1v) is 9.31. The fourth-order valence-corrected chi connectivity index (χ4v) is 3.80. The summed E-state index contributed by atoms with van der Waals surface area (Å²) in [4.78, 5) is 30.4. The Hall–Kier alpha value is -2.66. The number of carbonyl (C=O) groups excluding carboxylic acids is 2. The molecule has 1 unspecified atom stereocenters. The van der Waals surface area contributed by atoms with E-state index in [0.29, 0.717) is 19.0 Å². The second kappa shape index (κ2) is 8.23. The molecule has 166 valence electrons. The van der Waals surface area contributed by atoms with Gasteiger partial charge in [-0.15, -0.1) is 13.2 Å². The van der Waals surface area contributed by atoms with Gasteiger partial charge in [-0.2, -0.15) is 0 Å². The van der Waals surface area contributed by atoms with Gasteiger partial charge in [0.2, 0.25) is 11.8 Å². The van der Waals surface area contributed by atoms with E-state index in [-0.39, 0.29) is 30.8 Å². The molecular formula is C18H20F5N3O4. The third-order valence-electron chi connectivity index (χ3n) is 4.95. The van der Waals surface area contributed by atoms with Crippen molar-refractivity contribution >= 4 is 12.0 Å². The van der Waals surface area contributed by atoms with Crippen LogP contribution in [0.3, 0.4) is 0 Å². The van der Waals surface area contributed by atoms with E-state index >= 15 is 0 Å². The van der Waals surface area contributed by atoms with Crippen LogP contribution in [0, 0.1) is 0 Å². The van der Waals surface area contributed by atoms with Crippen molar-refractivity contribution in [2.24, 2.45) is 0 Å². The average Bonchev–Trinajstić information content (AvgIpc) is 2.60. The highest BCUT2D eigenvalue weighted by Gasteiger charge is 2.47. The lowest BCUT2D eigenvalue weighted by atomic mass is 9.94. The van der Waals surface area contributed by atoms with E-state index in [1.807, 2.05) is 0 Å². The standard InChI is InChI=1S/C18H20F5N3O4/c1-11-3-2-4-15(27)26(11)12-7-17(19,20)10-25(9-12)16(28)29-14-6-5-13(8-24-14)30-18(21,22)23/h5-6,8,11-12H,2-4,7,9-10H2,1H3/t11-,12?/m1/s1. The third kappa shape index (κ3) is 5.48. The molecule has 0 aromatic carbocycles. The zero-order chi connectivity index (χ0) is 22.1. The van der Waals surface area contributed by atoms with Crippen molar-refractivity contribution in [1.29, 1.82) is 0 Å². The van der Waals surface area contributed by atoms with E-state index in [1.54, 1.807) is 6.92 Å². The number of pyridine rings is 1. The van der Waals surface area contributed by atoms with Gasteiger partial charge in [-0.3, -0.25) is 9.69 Å². The van der Waals surface area contributed by atoms with Crippen LogP contribution in [0.5, 0.6) is 11.6 Å². The predicted octanol–water partition coefficient (Wildman–Crippen LogP) is 3.59. The van der Waals surface area contributed by atoms with Crippen molar-refractivity contribution in [3.63, 3.8) is 0 Å². The zero-order valence-corrected chi connectivity index (χ0v) is 16.0. The third-order valence-corrected chi connectivity index (χ3v) is 4.95. The van der Waals surface area contributed by atoms with Gasteiger partial charge in [-0.25, -0.2) is 18.6 Å².